The number of hydrogen-bond donors (Lipinski definition) is 0. The largest absolute Gasteiger partial charge is 0.514 e. The highest BCUT2D eigenvalue weighted by Crippen LogP contribution is 2.65. The topological polar surface area (TPSA) is 80.3 Å². The molecule has 4 fully saturated rings. The average molecular weight is 533 g/mol. The lowest BCUT2D eigenvalue weighted by Crippen LogP contribution is -2.65. The van der Waals surface area contributed by atoms with E-state index in [1.54, 1.807) is 20.8 Å². The third kappa shape index (κ3) is 5.55. The first-order valence-electron chi connectivity index (χ1n) is 13.4. The molecule has 1 aliphatic heterocycles. The first-order valence-corrected chi connectivity index (χ1v) is 14.6. The summed E-state index contributed by atoms with van der Waals surface area (Å²) in [5, 5.41) is 0. The molecule has 204 valence electrons. The maximum absolute atomic E-state index is 13.2. The molecule has 37 heavy (non-hydrogen) atoms. The van der Waals surface area contributed by atoms with Crippen molar-refractivity contribution < 1.29 is 33.1 Å². The predicted molar refractivity (Wildman–Crippen MR) is 144 cm³/mol. The van der Waals surface area contributed by atoms with Gasteiger partial charge in [-0.1, -0.05) is 33.3 Å². The standard InChI is InChI=1S/C28H41BO7S/c1-9-10-13-32-24(30)22-19(37-8)12-11-17(23(22)33-25(31)34-26(2,3)4)16-29-35-21-15-18-14-20(27(18,5)6)28(21,7)36-29/h11-12,18,20-21H,9-10,13-16H2,1-8H3/t18?,20?,21?,28-/m0/s1. The minimum Gasteiger partial charge on any atom is -0.462 e. The fourth-order valence-electron chi connectivity index (χ4n) is 6.20. The van der Waals surface area contributed by atoms with Gasteiger partial charge in [-0.15, -0.1) is 11.8 Å². The van der Waals surface area contributed by atoms with E-state index in [-0.39, 0.29) is 28.4 Å². The lowest BCUT2D eigenvalue weighted by atomic mass is 9.43. The average Bonchev–Trinajstić information content (AvgIpc) is 3.14. The Balaban J connectivity index is 1.63. The molecule has 1 aromatic rings. The number of thioether (sulfide) groups is 1. The van der Waals surface area contributed by atoms with Gasteiger partial charge < -0.3 is 23.5 Å². The molecule has 0 amide bonds. The molecule has 4 atom stereocenters. The van der Waals surface area contributed by atoms with E-state index >= 15 is 0 Å². The number of rotatable bonds is 8. The van der Waals surface area contributed by atoms with Crippen LogP contribution in [0.15, 0.2) is 17.0 Å². The molecule has 1 saturated heterocycles. The van der Waals surface area contributed by atoms with E-state index in [4.69, 9.17) is 23.5 Å². The summed E-state index contributed by atoms with van der Waals surface area (Å²) in [6, 6.07) is 3.73. The molecule has 0 N–H and O–H groups in total. The van der Waals surface area contributed by atoms with Crippen LogP contribution in [0.25, 0.3) is 0 Å². The van der Waals surface area contributed by atoms with Crippen LogP contribution in [0.5, 0.6) is 5.75 Å². The van der Waals surface area contributed by atoms with Gasteiger partial charge in [-0.05, 0) is 82.1 Å². The number of benzene rings is 1. The number of ether oxygens (including phenoxy) is 3. The van der Waals surface area contributed by atoms with Crippen molar-refractivity contribution in [3.05, 3.63) is 23.3 Å². The summed E-state index contributed by atoms with van der Waals surface area (Å²) in [5.74, 6) is 0.720. The Hall–Kier alpha value is -1.71. The third-order valence-corrected chi connectivity index (χ3v) is 9.10. The summed E-state index contributed by atoms with van der Waals surface area (Å²) in [7, 11) is -0.504. The van der Waals surface area contributed by atoms with Crippen LogP contribution in [0, 0.1) is 17.3 Å². The van der Waals surface area contributed by atoms with Gasteiger partial charge in [0.15, 0.2) is 5.75 Å². The Labute approximate surface area is 225 Å². The molecule has 7 nitrogen and oxygen atoms in total. The van der Waals surface area contributed by atoms with E-state index in [1.165, 1.54) is 18.2 Å². The molecule has 9 heteroatoms. The van der Waals surface area contributed by atoms with E-state index in [2.05, 4.69) is 20.8 Å². The van der Waals surface area contributed by atoms with Crippen molar-refractivity contribution >= 4 is 31.0 Å². The second kappa shape index (κ2) is 10.5. The summed E-state index contributed by atoms with van der Waals surface area (Å²) in [6.07, 6.45) is 5.18. The zero-order valence-electron chi connectivity index (χ0n) is 23.5. The monoisotopic (exact) mass is 532 g/mol. The van der Waals surface area contributed by atoms with Crippen molar-refractivity contribution in [1.82, 2.24) is 0 Å². The molecular weight excluding hydrogens is 491 g/mol. The lowest BCUT2D eigenvalue weighted by molar-refractivity contribution is -0.199. The Bertz CT molecular complexity index is 1040. The summed E-state index contributed by atoms with van der Waals surface area (Å²) in [4.78, 5) is 26.7. The van der Waals surface area contributed by atoms with Crippen molar-refractivity contribution in [3.8, 4) is 5.75 Å². The molecule has 3 aliphatic carbocycles. The smallest absolute Gasteiger partial charge is 0.462 e. The molecule has 0 radical (unpaired) electrons. The van der Waals surface area contributed by atoms with Gasteiger partial charge in [0.05, 0.1) is 18.3 Å². The quantitative estimate of drug-likeness (QED) is 0.124. The minimum absolute atomic E-state index is 0.0356. The van der Waals surface area contributed by atoms with Gasteiger partial charge >= 0.3 is 19.2 Å². The second-order valence-corrected chi connectivity index (χ2v) is 13.1. The summed E-state index contributed by atoms with van der Waals surface area (Å²) in [5.41, 5.74) is 0.0215. The van der Waals surface area contributed by atoms with Gasteiger partial charge in [0.1, 0.15) is 11.2 Å². The molecule has 3 unspecified atom stereocenters. The SMILES string of the molecule is CCCCOC(=O)c1c(SC)ccc(CB2OC3CC4CC(C4(C)C)[C@]3(C)O2)c1OC(=O)OC(C)(C)C. The maximum atomic E-state index is 13.2. The van der Waals surface area contributed by atoms with Gasteiger partial charge in [-0.2, -0.15) is 0 Å². The first-order chi connectivity index (χ1) is 17.3. The molecule has 5 rings (SSSR count). The van der Waals surface area contributed by atoms with Crippen LogP contribution < -0.4 is 4.74 Å². The maximum Gasteiger partial charge on any atom is 0.514 e. The van der Waals surface area contributed by atoms with Crippen LogP contribution in [-0.4, -0.2) is 49.4 Å². The van der Waals surface area contributed by atoms with Crippen molar-refractivity contribution in [1.29, 1.82) is 0 Å². The number of carbonyl (C=O) groups excluding carboxylic acids is 2. The van der Waals surface area contributed by atoms with Gasteiger partial charge in [-0.3, -0.25) is 0 Å². The van der Waals surface area contributed by atoms with E-state index in [9.17, 15) is 9.59 Å². The zero-order chi connectivity index (χ0) is 27.2. The number of esters is 1. The van der Waals surface area contributed by atoms with Crippen molar-refractivity contribution in [2.45, 2.75) is 103 Å². The predicted octanol–water partition coefficient (Wildman–Crippen LogP) is 6.49. The van der Waals surface area contributed by atoms with E-state index in [1.807, 2.05) is 25.3 Å². The highest BCUT2D eigenvalue weighted by Gasteiger charge is 2.67. The Morgan fingerprint density at radius 1 is 1.19 bits per heavy atom. The Kier molecular flexibility index (Phi) is 8.00. The van der Waals surface area contributed by atoms with Crippen LogP contribution in [0.3, 0.4) is 0 Å². The van der Waals surface area contributed by atoms with E-state index in [0.717, 1.165) is 19.3 Å². The molecule has 4 aliphatic rings. The minimum atomic E-state index is -0.869. The Morgan fingerprint density at radius 2 is 1.92 bits per heavy atom. The normalized spacial score (nSPS) is 27.8. The van der Waals surface area contributed by atoms with Crippen LogP contribution in [-0.2, 0) is 25.1 Å². The van der Waals surface area contributed by atoms with Crippen LogP contribution >= 0.6 is 11.8 Å². The van der Waals surface area contributed by atoms with Gasteiger partial charge in [-0.25, -0.2) is 9.59 Å². The highest BCUT2D eigenvalue weighted by molar-refractivity contribution is 7.98. The summed E-state index contributed by atoms with van der Waals surface area (Å²) in [6.45, 7) is 14.5. The lowest BCUT2D eigenvalue weighted by Gasteiger charge is -2.64. The van der Waals surface area contributed by atoms with Crippen LogP contribution in [0.1, 0.15) is 90.1 Å². The molecule has 2 bridgehead atoms. The number of hydrogen-bond acceptors (Lipinski definition) is 8. The molecule has 0 aromatic heterocycles. The van der Waals surface area contributed by atoms with E-state index in [0.29, 0.717) is 35.2 Å². The third-order valence-electron chi connectivity index (χ3n) is 8.32. The second-order valence-electron chi connectivity index (χ2n) is 12.3. The van der Waals surface area contributed by atoms with Crippen molar-refractivity contribution in [3.63, 3.8) is 0 Å². The fraction of sp³-hybridized carbons (Fsp3) is 0.714. The molecule has 0 spiro atoms. The fourth-order valence-corrected chi connectivity index (χ4v) is 6.79. The summed E-state index contributed by atoms with van der Waals surface area (Å²) >= 11 is 1.39. The Morgan fingerprint density at radius 3 is 2.54 bits per heavy atom. The van der Waals surface area contributed by atoms with Gasteiger partial charge in [0.25, 0.3) is 0 Å². The van der Waals surface area contributed by atoms with Crippen LogP contribution in [0.2, 0.25) is 0 Å². The molecule has 3 saturated carbocycles. The van der Waals surface area contributed by atoms with Crippen molar-refractivity contribution in [2.75, 3.05) is 12.9 Å². The zero-order valence-corrected chi connectivity index (χ0v) is 24.3. The van der Waals surface area contributed by atoms with Crippen molar-refractivity contribution in [2.24, 2.45) is 17.3 Å². The van der Waals surface area contributed by atoms with E-state index < -0.39 is 24.8 Å². The molecule has 1 aromatic carbocycles. The van der Waals surface area contributed by atoms with Gasteiger partial charge in [0.2, 0.25) is 0 Å². The highest BCUT2D eigenvalue weighted by atomic mass is 32.2. The molecular formula is C28H41BO7S. The van der Waals surface area contributed by atoms with Gasteiger partial charge in [0, 0.05) is 11.2 Å². The van der Waals surface area contributed by atoms with Crippen LogP contribution in [0.4, 0.5) is 4.79 Å². The summed E-state index contributed by atoms with van der Waals surface area (Å²) < 4.78 is 29.8. The molecule has 1 heterocycles. The first kappa shape index (κ1) is 28.3. The number of unbranched alkanes of at least 4 members (excludes halogenated alkanes) is 1. The number of carbonyl (C=O) groups is 2.